The summed E-state index contributed by atoms with van der Waals surface area (Å²) in [6.07, 6.45) is 0. The number of hydrogen-bond donors (Lipinski definition) is 0. The highest BCUT2D eigenvalue weighted by Gasteiger charge is 2.21. The molecule has 12 aromatic rings. The Morgan fingerprint density at radius 1 is 0.362 bits per heavy atom. The van der Waals surface area contributed by atoms with Crippen LogP contribution in [0.1, 0.15) is 0 Å². The molecule has 0 unspecified atom stereocenters. The monoisotopic (exact) mass is 775 g/mol. The van der Waals surface area contributed by atoms with Gasteiger partial charge in [0.05, 0.1) is 15.1 Å². The molecule has 3 heterocycles. The van der Waals surface area contributed by atoms with Crippen LogP contribution in [0.25, 0.3) is 95.7 Å². The zero-order valence-corrected chi connectivity index (χ0v) is 32.9. The van der Waals surface area contributed by atoms with E-state index in [1.54, 1.807) is 0 Å². The third kappa shape index (κ3) is 5.30. The van der Waals surface area contributed by atoms with Crippen LogP contribution in [0.4, 0.5) is 17.1 Å². The van der Waals surface area contributed by atoms with Gasteiger partial charge in [-0.3, -0.25) is 0 Å². The largest absolute Gasteiger partial charge is 0.455 e. The van der Waals surface area contributed by atoms with E-state index >= 15 is 0 Å². The number of benzene rings is 9. The van der Waals surface area contributed by atoms with Gasteiger partial charge in [-0.15, -0.1) is 22.7 Å². The van der Waals surface area contributed by atoms with Crippen LogP contribution >= 0.6 is 22.7 Å². The Hall–Kier alpha value is -6.98. The van der Waals surface area contributed by atoms with Crippen LogP contribution in [-0.4, -0.2) is 0 Å². The van der Waals surface area contributed by atoms with Crippen molar-refractivity contribution in [2.75, 3.05) is 4.90 Å². The Morgan fingerprint density at radius 3 is 1.78 bits per heavy atom. The average Bonchev–Trinajstić information content (AvgIpc) is 3.99. The normalized spacial score (nSPS) is 11.8. The lowest BCUT2D eigenvalue weighted by Gasteiger charge is -2.27. The van der Waals surface area contributed by atoms with Crippen LogP contribution < -0.4 is 4.90 Å². The first kappa shape index (κ1) is 33.2. The molecule has 0 aliphatic carbocycles. The van der Waals surface area contributed by atoms with Crippen molar-refractivity contribution >= 4 is 102 Å². The Kier molecular flexibility index (Phi) is 7.62. The van der Waals surface area contributed by atoms with E-state index in [-0.39, 0.29) is 0 Å². The molecule has 0 amide bonds. The molecular weight excluding hydrogens is 743 g/mol. The van der Waals surface area contributed by atoms with Gasteiger partial charge in [-0.2, -0.15) is 0 Å². The predicted molar refractivity (Wildman–Crippen MR) is 250 cm³/mol. The van der Waals surface area contributed by atoms with Gasteiger partial charge >= 0.3 is 0 Å². The number of para-hydroxylation sites is 1. The Balaban J connectivity index is 0.987. The molecule has 9 aromatic carbocycles. The highest BCUT2D eigenvalue weighted by Crippen LogP contribution is 2.48. The number of nitrogens with zero attached hydrogens (tertiary/aromatic N) is 1. The fourth-order valence-corrected chi connectivity index (χ4v) is 11.1. The first-order valence-electron chi connectivity index (χ1n) is 19.6. The summed E-state index contributed by atoms with van der Waals surface area (Å²) in [4.78, 5) is 2.42. The molecule has 2 nitrogen and oxygen atoms in total. The first-order chi connectivity index (χ1) is 28.7. The lowest BCUT2D eigenvalue weighted by atomic mass is 9.95. The maximum atomic E-state index is 6.53. The molecule has 58 heavy (non-hydrogen) atoms. The number of anilines is 3. The summed E-state index contributed by atoms with van der Waals surface area (Å²) in [5, 5.41) is 7.41. The van der Waals surface area contributed by atoms with Crippen molar-refractivity contribution in [2.24, 2.45) is 0 Å². The predicted octanol–water partition coefficient (Wildman–Crippen LogP) is 16.8. The molecule has 0 bridgehead atoms. The quantitative estimate of drug-likeness (QED) is 0.167. The maximum absolute atomic E-state index is 6.53. The summed E-state index contributed by atoms with van der Waals surface area (Å²) < 4.78 is 11.6. The van der Waals surface area contributed by atoms with Gasteiger partial charge in [0.1, 0.15) is 5.58 Å². The van der Waals surface area contributed by atoms with Crippen molar-refractivity contribution in [1.29, 1.82) is 0 Å². The van der Waals surface area contributed by atoms with Gasteiger partial charge in [-0.05, 0) is 88.0 Å². The second-order valence-electron chi connectivity index (χ2n) is 14.8. The van der Waals surface area contributed by atoms with E-state index < -0.39 is 0 Å². The van der Waals surface area contributed by atoms with E-state index in [2.05, 4.69) is 199 Å². The zero-order valence-electron chi connectivity index (χ0n) is 31.2. The Bertz CT molecular complexity index is 3500. The van der Waals surface area contributed by atoms with Gasteiger partial charge in [-0.1, -0.05) is 146 Å². The topological polar surface area (TPSA) is 16.4 Å². The minimum absolute atomic E-state index is 0.924. The SMILES string of the molecule is c1ccc(-c2ccc(N(c3cccc(-c4ccc(-c5cc6c7ccccc7oc6c6sc7ccccc7c56)cc4)c3)c3cccc4c3sc3ccccc34)cc2)cc1. The average molecular weight is 776 g/mol. The number of thiophene rings is 2. The third-order valence-corrected chi connectivity index (χ3v) is 13.9. The first-order valence-corrected chi connectivity index (χ1v) is 21.2. The molecule has 0 aliphatic heterocycles. The van der Waals surface area contributed by atoms with Gasteiger partial charge in [0.15, 0.2) is 5.58 Å². The molecule has 0 radical (unpaired) electrons. The minimum Gasteiger partial charge on any atom is -0.455 e. The van der Waals surface area contributed by atoms with Crippen LogP contribution in [-0.2, 0) is 0 Å². The molecule has 4 heteroatoms. The van der Waals surface area contributed by atoms with Crippen molar-refractivity contribution in [3.05, 3.63) is 200 Å². The molecule has 0 fully saturated rings. The Labute approximate surface area is 343 Å². The molecule has 0 aliphatic rings. The summed E-state index contributed by atoms with van der Waals surface area (Å²) in [5.74, 6) is 0. The zero-order chi connectivity index (χ0) is 38.2. The lowest BCUT2D eigenvalue weighted by Crippen LogP contribution is -2.10. The van der Waals surface area contributed by atoms with Crippen molar-refractivity contribution < 1.29 is 4.42 Å². The molecule has 272 valence electrons. The molecule has 0 N–H and O–H groups in total. The highest BCUT2D eigenvalue weighted by atomic mass is 32.1. The van der Waals surface area contributed by atoms with Crippen molar-refractivity contribution in [3.8, 4) is 33.4 Å². The molecule has 12 rings (SSSR count). The van der Waals surface area contributed by atoms with E-state index in [1.807, 2.05) is 28.7 Å². The second-order valence-corrected chi connectivity index (χ2v) is 16.9. The third-order valence-electron chi connectivity index (χ3n) is 11.5. The Morgan fingerprint density at radius 2 is 0.948 bits per heavy atom. The summed E-state index contributed by atoms with van der Waals surface area (Å²) in [6.45, 7) is 0. The van der Waals surface area contributed by atoms with E-state index in [0.717, 1.165) is 33.3 Å². The molecular formula is C54H33NOS2. The standard InChI is InChI=1S/C54H33NOS2/c1-2-12-34(13-3-1)35-28-30-39(31-29-35)55(47-20-11-19-43-42-17-5-8-22-49(42)57-53(43)47)40-15-10-14-38(32-40)36-24-26-37(27-25-36)45-33-46-41-16-4-7-21-48(41)56-52(46)54-51(45)44-18-6-9-23-50(44)58-54/h1-33H. The van der Waals surface area contributed by atoms with Gasteiger partial charge in [0, 0.05) is 53.1 Å². The molecule has 0 spiro atoms. The highest BCUT2D eigenvalue weighted by molar-refractivity contribution is 7.27. The molecule has 0 saturated carbocycles. The van der Waals surface area contributed by atoms with E-state index in [1.165, 1.54) is 79.4 Å². The fourth-order valence-electron chi connectivity index (χ4n) is 8.73. The minimum atomic E-state index is 0.924. The number of rotatable bonds is 6. The molecule has 3 aromatic heterocycles. The van der Waals surface area contributed by atoms with Gasteiger partial charge in [0.25, 0.3) is 0 Å². The van der Waals surface area contributed by atoms with Crippen LogP contribution in [0, 0.1) is 0 Å². The van der Waals surface area contributed by atoms with Gasteiger partial charge < -0.3 is 9.32 Å². The lowest BCUT2D eigenvalue weighted by molar-refractivity contribution is 0.673. The van der Waals surface area contributed by atoms with Crippen molar-refractivity contribution in [1.82, 2.24) is 0 Å². The number of furan rings is 1. The van der Waals surface area contributed by atoms with E-state index in [4.69, 9.17) is 4.42 Å². The van der Waals surface area contributed by atoms with Crippen LogP contribution in [0.3, 0.4) is 0 Å². The van der Waals surface area contributed by atoms with E-state index in [0.29, 0.717) is 0 Å². The van der Waals surface area contributed by atoms with Gasteiger partial charge in [0.2, 0.25) is 0 Å². The van der Waals surface area contributed by atoms with Crippen LogP contribution in [0.2, 0.25) is 0 Å². The molecule has 0 saturated heterocycles. The summed E-state index contributed by atoms with van der Waals surface area (Å²) in [6, 6.07) is 72.6. The fraction of sp³-hybridized carbons (Fsp3) is 0. The maximum Gasteiger partial charge on any atom is 0.153 e. The van der Waals surface area contributed by atoms with Crippen LogP contribution in [0.5, 0.6) is 0 Å². The molecule has 0 atom stereocenters. The van der Waals surface area contributed by atoms with Gasteiger partial charge in [-0.25, -0.2) is 0 Å². The number of hydrogen-bond acceptors (Lipinski definition) is 4. The van der Waals surface area contributed by atoms with Crippen LogP contribution in [0.15, 0.2) is 205 Å². The summed E-state index contributed by atoms with van der Waals surface area (Å²) >= 11 is 3.68. The van der Waals surface area contributed by atoms with E-state index in [9.17, 15) is 0 Å². The second kappa shape index (κ2) is 13.3. The summed E-state index contributed by atoms with van der Waals surface area (Å²) in [7, 11) is 0. The smallest absolute Gasteiger partial charge is 0.153 e. The van der Waals surface area contributed by atoms with Crippen molar-refractivity contribution in [3.63, 3.8) is 0 Å². The number of fused-ring (bicyclic) bond motifs is 10. The summed E-state index contributed by atoms with van der Waals surface area (Å²) in [5.41, 5.74) is 12.5. The van der Waals surface area contributed by atoms with Crippen molar-refractivity contribution in [2.45, 2.75) is 0 Å².